The third-order valence-corrected chi connectivity index (χ3v) is 4.13. The van der Waals surface area contributed by atoms with Crippen LogP contribution in [-0.4, -0.2) is 23.5 Å². The van der Waals surface area contributed by atoms with Crippen LogP contribution >= 0.6 is 0 Å². The highest BCUT2D eigenvalue weighted by Gasteiger charge is 2.21. The minimum Gasteiger partial charge on any atom is -0.280 e. The number of rotatable bonds is 5. The van der Waals surface area contributed by atoms with E-state index < -0.39 is 20.7 Å². The van der Waals surface area contributed by atoms with Crippen LogP contribution in [0.2, 0.25) is 0 Å². The van der Waals surface area contributed by atoms with Gasteiger partial charge in [0.05, 0.1) is 22.0 Å². The van der Waals surface area contributed by atoms with E-state index in [4.69, 9.17) is 0 Å². The van der Waals surface area contributed by atoms with Crippen molar-refractivity contribution in [1.29, 1.82) is 0 Å². The van der Waals surface area contributed by atoms with Gasteiger partial charge in [0.2, 0.25) is 10.0 Å². The van der Waals surface area contributed by atoms with Gasteiger partial charge in [0.15, 0.2) is 0 Å². The molecule has 0 atom stereocenters. The van der Waals surface area contributed by atoms with Gasteiger partial charge >= 0.3 is 0 Å². The molecule has 8 nitrogen and oxygen atoms in total. The molecule has 0 aliphatic heterocycles. The Labute approximate surface area is 121 Å². The highest BCUT2D eigenvalue weighted by atomic mass is 32.2. The second-order valence-electron chi connectivity index (χ2n) is 4.56. The molecule has 0 aliphatic carbocycles. The quantitative estimate of drug-likeness (QED) is 0.645. The number of nitro groups is 1. The van der Waals surface area contributed by atoms with Crippen molar-refractivity contribution in [1.82, 2.24) is 10.2 Å². The van der Waals surface area contributed by atoms with Crippen LogP contribution < -0.4 is 4.72 Å². The van der Waals surface area contributed by atoms with Gasteiger partial charge in [-0.05, 0) is 13.8 Å². The average Bonchev–Trinajstić information content (AvgIpc) is 2.70. The number of nitro benzene ring substituents is 1. The number of H-pyrrole nitrogens is 1. The second-order valence-corrected chi connectivity index (χ2v) is 6.28. The van der Waals surface area contributed by atoms with Crippen LogP contribution in [0, 0.1) is 24.0 Å². The van der Waals surface area contributed by atoms with Gasteiger partial charge in [0.1, 0.15) is 5.75 Å². The van der Waals surface area contributed by atoms with Crippen LogP contribution in [0.5, 0.6) is 0 Å². The van der Waals surface area contributed by atoms with E-state index in [0.717, 1.165) is 0 Å². The lowest BCUT2D eigenvalue weighted by Gasteiger charge is -2.08. The van der Waals surface area contributed by atoms with Crippen LogP contribution in [0.4, 0.5) is 11.4 Å². The summed E-state index contributed by atoms with van der Waals surface area (Å²) in [5, 5.41) is 17.5. The first-order valence-corrected chi connectivity index (χ1v) is 7.70. The van der Waals surface area contributed by atoms with Crippen LogP contribution in [0.1, 0.15) is 17.0 Å². The maximum atomic E-state index is 12.2. The van der Waals surface area contributed by atoms with Gasteiger partial charge in [-0.3, -0.25) is 19.9 Å². The van der Waals surface area contributed by atoms with Crippen molar-refractivity contribution in [3.8, 4) is 0 Å². The number of aromatic nitrogens is 2. The normalized spacial score (nSPS) is 11.3. The lowest BCUT2D eigenvalue weighted by Crippen LogP contribution is -2.16. The molecule has 0 aliphatic rings. The molecule has 112 valence electrons. The number of nitrogens with one attached hydrogen (secondary N) is 2. The van der Waals surface area contributed by atoms with E-state index in [-0.39, 0.29) is 11.3 Å². The van der Waals surface area contributed by atoms with Crippen molar-refractivity contribution in [2.45, 2.75) is 19.6 Å². The molecule has 21 heavy (non-hydrogen) atoms. The summed E-state index contributed by atoms with van der Waals surface area (Å²) in [7, 11) is -3.77. The Kier molecular flexibility index (Phi) is 3.94. The fraction of sp³-hybridized carbons (Fsp3) is 0.250. The van der Waals surface area contributed by atoms with Gasteiger partial charge in [0.25, 0.3) is 5.69 Å². The zero-order chi connectivity index (χ0) is 15.6. The summed E-state index contributed by atoms with van der Waals surface area (Å²) in [6.07, 6.45) is 0. The molecule has 2 N–H and O–H groups in total. The van der Waals surface area contributed by atoms with Crippen LogP contribution in [0.25, 0.3) is 0 Å². The second kappa shape index (κ2) is 5.52. The SMILES string of the molecule is Cc1n[nH]c(C)c1NS(=O)(=O)Cc1ccccc1[N+](=O)[O-]. The Hall–Kier alpha value is -2.42. The molecule has 0 saturated carbocycles. The van der Waals surface area contributed by atoms with Crippen molar-refractivity contribution in [2.24, 2.45) is 0 Å². The van der Waals surface area contributed by atoms with E-state index in [1.807, 2.05) is 0 Å². The number of sulfonamides is 1. The predicted octanol–water partition coefficient (Wildman–Crippen LogP) is 1.88. The first-order chi connectivity index (χ1) is 9.80. The molecular formula is C12H14N4O4S. The molecule has 2 rings (SSSR count). The Morgan fingerprint density at radius 2 is 2.00 bits per heavy atom. The molecule has 2 aromatic rings. The molecule has 0 saturated heterocycles. The third-order valence-electron chi connectivity index (χ3n) is 2.92. The number of nitrogens with zero attached hydrogens (tertiary/aromatic N) is 2. The van der Waals surface area contributed by atoms with Gasteiger partial charge in [-0.15, -0.1) is 0 Å². The topological polar surface area (TPSA) is 118 Å². The highest BCUT2D eigenvalue weighted by molar-refractivity contribution is 7.91. The van der Waals surface area contributed by atoms with E-state index in [1.165, 1.54) is 18.2 Å². The molecule has 0 unspecified atom stereocenters. The standard InChI is InChI=1S/C12H14N4O4S/c1-8-12(9(2)14-13-8)15-21(19,20)7-10-5-3-4-6-11(10)16(17)18/h3-6,15H,7H2,1-2H3,(H,13,14). The van der Waals surface area contributed by atoms with Gasteiger partial charge in [-0.1, -0.05) is 18.2 Å². The van der Waals surface area contributed by atoms with Crippen molar-refractivity contribution < 1.29 is 13.3 Å². The van der Waals surface area contributed by atoms with Crippen LogP contribution in [0.15, 0.2) is 24.3 Å². The summed E-state index contributed by atoms with van der Waals surface area (Å²) >= 11 is 0. The molecule has 0 radical (unpaired) electrons. The van der Waals surface area contributed by atoms with E-state index in [0.29, 0.717) is 17.1 Å². The smallest absolute Gasteiger partial charge is 0.273 e. The lowest BCUT2D eigenvalue weighted by atomic mass is 10.2. The Balaban J connectivity index is 2.29. The fourth-order valence-corrected chi connectivity index (χ4v) is 3.25. The maximum Gasteiger partial charge on any atom is 0.273 e. The molecule has 1 heterocycles. The van der Waals surface area contributed by atoms with Gasteiger partial charge in [-0.25, -0.2) is 8.42 Å². The number of hydrogen-bond donors (Lipinski definition) is 2. The molecule has 1 aromatic heterocycles. The number of benzene rings is 1. The van der Waals surface area contributed by atoms with Gasteiger partial charge in [-0.2, -0.15) is 5.10 Å². The van der Waals surface area contributed by atoms with E-state index in [2.05, 4.69) is 14.9 Å². The average molecular weight is 310 g/mol. The molecule has 1 aromatic carbocycles. The molecule has 0 bridgehead atoms. The number of hydrogen-bond acceptors (Lipinski definition) is 5. The number of para-hydroxylation sites is 1. The van der Waals surface area contributed by atoms with Crippen LogP contribution in [-0.2, 0) is 15.8 Å². The van der Waals surface area contributed by atoms with Crippen molar-refractivity contribution in [2.75, 3.05) is 4.72 Å². The largest absolute Gasteiger partial charge is 0.280 e. The summed E-state index contributed by atoms with van der Waals surface area (Å²) in [6, 6.07) is 5.75. The zero-order valence-corrected chi connectivity index (χ0v) is 12.3. The number of aryl methyl sites for hydroxylation is 2. The number of aromatic amines is 1. The summed E-state index contributed by atoms with van der Waals surface area (Å²) in [5.74, 6) is -0.478. The van der Waals surface area contributed by atoms with Crippen molar-refractivity contribution >= 4 is 21.4 Å². The highest BCUT2D eigenvalue weighted by Crippen LogP contribution is 2.23. The number of anilines is 1. The minimum atomic E-state index is -3.77. The lowest BCUT2D eigenvalue weighted by molar-refractivity contribution is -0.385. The zero-order valence-electron chi connectivity index (χ0n) is 11.5. The van der Waals surface area contributed by atoms with E-state index in [9.17, 15) is 18.5 Å². The van der Waals surface area contributed by atoms with E-state index >= 15 is 0 Å². The monoisotopic (exact) mass is 310 g/mol. The Bertz CT molecular complexity index is 763. The Morgan fingerprint density at radius 1 is 1.33 bits per heavy atom. The van der Waals surface area contributed by atoms with Gasteiger partial charge < -0.3 is 0 Å². The molecular weight excluding hydrogens is 296 g/mol. The molecule has 0 fully saturated rings. The van der Waals surface area contributed by atoms with Gasteiger partial charge in [0, 0.05) is 11.6 Å². The third kappa shape index (κ3) is 3.37. The maximum absolute atomic E-state index is 12.2. The van der Waals surface area contributed by atoms with Crippen LogP contribution in [0.3, 0.4) is 0 Å². The van der Waals surface area contributed by atoms with Crippen molar-refractivity contribution in [3.05, 3.63) is 51.3 Å². The summed E-state index contributed by atoms with van der Waals surface area (Å²) in [4.78, 5) is 10.3. The molecule has 0 spiro atoms. The van der Waals surface area contributed by atoms with Crippen molar-refractivity contribution in [3.63, 3.8) is 0 Å². The fourth-order valence-electron chi connectivity index (χ4n) is 1.91. The molecule has 0 amide bonds. The minimum absolute atomic E-state index is 0.133. The summed E-state index contributed by atoms with van der Waals surface area (Å²) < 4.78 is 26.7. The first-order valence-electron chi connectivity index (χ1n) is 6.04. The predicted molar refractivity (Wildman–Crippen MR) is 77.4 cm³/mol. The Morgan fingerprint density at radius 3 is 2.57 bits per heavy atom. The molecule has 9 heteroatoms. The first kappa shape index (κ1) is 15.0. The van der Waals surface area contributed by atoms with E-state index in [1.54, 1.807) is 19.9 Å². The summed E-state index contributed by atoms with van der Waals surface area (Å²) in [5.41, 5.74) is 1.38. The summed E-state index contributed by atoms with van der Waals surface area (Å²) in [6.45, 7) is 3.34.